The van der Waals surface area contributed by atoms with E-state index in [2.05, 4.69) is 24.0 Å². The van der Waals surface area contributed by atoms with Crippen LogP contribution in [0, 0.1) is 0 Å². The Morgan fingerprint density at radius 3 is 2.57 bits per heavy atom. The standard InChI is InChI=1S/C22H22AsNO4S2/c1-13(23-10-12-30(2,27)28)14-3-5-15(6-4-14)19-18(25)8-7-17-20(19)16-9-11-29-21(16)22(26)24-17/h3-9,11,13,23,25H,10,12H2,1-2H3,(H,24,26). The van der Waals surface area contributed by atoms with Crippen LogP contribution in [0.1, 0.15) is 17.2 Å². The van der Waals surface area contributed by atoms with Crippen LogP contribution in [0.15, 0.2) is 52.6 Å². The molecular formula is C22H22AsNO4S2. The Balaban J connectivity index is 1.72. The fraction of sp³-hybridized carbons (Fsp3) is 0.227. The summed E-state index contributed by atoms with van der Waals surface area (Å²) in [7, 11) is -2.91. The molecular weight excluding hydrogens is 481 g/mol. The molecule has 0 aliphatic rings. The molecule has 2 heterocycles. The van der Waals surface area contributed by atoms with Gasteiger partial charge < -0.3 is 0 Å². The van der Waals surface area contributed by atoms with Crippen LogP contribution in [0.2, 0.25) is 5.21 Å². The molecule has 2 atom stereocenters. The number of aromatic nitrogens is 1. The summed E-state index contributed by atoms with van der Waals surface area (Å²) < 4.78 is 23.7. The Labute approximate surface area is 185 Å². The molecule has 30 heavy (non-hydrogen) atoms. The van der Waals surface area contributed by atoms with Crippen molar-refractivity contribution in [2.45, 2.75) is 16.8 Å². The van der Waals surface area contributed by atoms with Crippen molar-refractivity contribution in [3.63, 3.8) is 0 Å². The summed E-state index contributed by atoms with van der Waals surface area (Å²) >= 11 is 0.974. The van der Waals surface area contributed by atoms with Gasteiger partial charge in [-0.1, -0.05) is 0 Å². The summed E-state index contributed by atoms with van der Waals surface area (Å²) in [6, 6.07) is 13.4. The van der Waals surface area contributed by atoms with E-state index < -0.39 is 25.6 Å². The number of rotatable bonds is 6. The van der Waals surface area contributed by atoms with E-state index >= 15 is 0 Å². The van der Waals surface area contributed by atoms with Gasteiger partial charge in [0, 0.05) is 0 Å². The van der Waals surface area contributed by atoms with E-state index in [0.29, 0.717) is 20.5 Å². The van der Waals surface area contributed by atoms with Gasteiger partial charge in [-0.3, -0.25) is 0 Å². The minimum atomic E-state index is -2.91. The Morgan fingerprint density at radius 1 is 1.13 bits per heavy atom. The quantitative estimate of drug-likeness (QED) is 0.389. The van der Waals surface area contributed by atoms with E-state index in [1.165, 1.54) is 23.2 Å². The van der Waals surface area contributed by atoms with Gasteiger partial charge in [0.1, 0.15) is 0 Å². The number of nitrogens with one attached hydrogen (secondary N) is 1. The number of sulfone groups is 1. The fourth-order valence-electron chi connectivity index (χ4n) is 3.65. The first-order valence-corrected chi connectivity index (χ1v) is 15.1. The molecule has 2 N–H and O–H groups in total. The third-order valence-corrected chi connectivity index (χ3v) is 10.9. The van der Waals surface area contributed by atoms with Gasteiger partial charge >= 0.3 is 186 Å². The number of benzene rings is 2. The maximum absolute atomic E-state index is 12.3. The summed E-state index contributed by atoms with van der Waals surface area (Å²) in [5, 5.41) is 15.0. The van der Waals surface area contributed by atoms with Crippen molar-refractivity contribution >= 4 is 57.9 Å². The first kappa shape index (κ1) is 21.2. The predicted octanol–water partition coefficient (Wildman–Crippen LogP) is 4.08. The number of pyridine rings is 1. The number of phenols is 1. The average molecular weight is 503 g/mol. The van der Waals surface area contributed by atoms with Crippen molar-refractivity contribution in [1.29, 1.82) is 0 Å². The van der Waals surface area contributed by atoms with Crippen molar-refractivity contribution in [3.8, 4) is 16.9 Å². The fourth-order valence-corrected chi connectivity index (χ4v) is 9.81. The molecule has 2 aromatic heterocycles. The molecule has 4 rings (SSSR count). The van der Waals surface area contributed by atoms with Crippen LogP contribution in [-0.2, 0) is 9.84 Å². The number of thiophene rings is 1. The second-order valence-corrected chi connectivity index (χ2v) is 14.3. The SMILES string of the molecule is CC([AsH]CCS(C)(=O)=O)c1ccc(-c2c(O)ccc3[nH]c(=O)c4sccc4c23)cc1. The monoisotopic (exact) mass is 503 g/mol. The molecule has 0 aliphatic carbocycles. The van der Waals surface area contributed by atoms with Gasteiger partial charge in [-0.25, -0.2) is 0 Å². The zero-order chi connectivity index (χ0) is 21.5. The van der Waals surface area contributed by atoms with E-state index in [0.717, 1.165) is 21.5 Å². The van der Waals surface area contributed by atoms with Crippen LogP contribution < -0.4 is 5.56 Å². The molecule has 0 bridgehead atoms. The molecule has 8 heteroatoms. The summed E-state index contributed by atoms with van der Waals surface area (Å²) in [6.07, 6.45) is 1.28. The van der Waals surface area contributed by atoms with Gasteiger partial charge in [-0.15, -0.1) is 0 Å². The third-order valence-electron chi connectivity index (χ3n) is 5.20. The Hall–Kier alpha value is -2.08. The summed E-state index contributed by atoms with van der Waals surface area (Å²) in [5.74, 6) is 0.429. The van der Waals surface area contributed by atoms with E-state index in [1.54, 1.807) is 12.1 Å². The number of aromatic hydroxyl groups is 1. The zero-order valence-corrected chi connectivity index (χ0v) is 20.3. The molecule has 0 radical (unpaired) electrons. The van der Waals surface area contributed by atoms with Crippen molar-refractivity contribution < 1.29 is 13.5 Å². The van der Waals surface area contributed by atoms with Gasteiger partial charge in [0.15, 0.2) is 0 Å². The van der Waals surface area contributed by atoms with Crippen LogP contribution in [-0.4, -0.2) is 46.3 Å². The Kier molecular flexibility index (Phi) is 5.79. The Bertz CT molecular complexity index is 1390. The summed E-state index contributed by atoms with van der Waals surface area (Å²) in [4.78, 5) is 15.2. The molecule has 2 aromatic carbocycles. The minimum absolute atomic E-state index is 0.119. The second kappa shape index (κ2) is 8.21. The molecule has 0 amide bonds. The number of hydrogen-bond donors (Lipinski definition) is 2. The molecule has 4 aromatic rings. The van der Waals surface area contributed by atoms with E-state index in [1.807, 2.05) is 23.6 Å². The van der Waals surface area contributed by atoms with Gasteiger partial charge in [0.05, 0.1) is 0 Å². The van der Waals surface area contributed by atoms with E-state index in [9.17, 15) is 18.3 Å². The van der Waals surface area contributed by atoms with Crippen molar-refractivity contribution in [2.24, 2.45) is 0 Å². The molecule has 5 nitrogen and oxygen atoms in total. The second-order valence-electron chi connectivity index (χ2n) is 7.43. The number of aromatic amines is 1. The third kappa shape index (κ3) is 4.20. The van der Waals surface area contributed by atoms with Gasteiger partial charge in [0.2, 0.25) is 0 Å². The molecule has 0 fully saturated rings. The maximum atomic E-state index is 12.3. The Morgan fingerprint density at radius 2 is 1.87 bits per heavy atom. The first-order valence-electron chi connectivity index (χ1n) is 9.51. The zero-order valence-electron chi connectivity index (χ0n) is 16.6. The molecule has 0 saturated heterocycles. The summed E-state index contributed by atoms with van der Waals surface area (Å²) in [5.41, 5.74) is 3.35. The number of H-pyrrole nitrogens is 1. The van der Waals surface area contributed by atoms with Crippen LogP contribution in [0.4, 0.5) is 0 Å². The van der Waals surface area contributed by atoms with E-state index in [4.69, 9.17) is 0 Å². The predicted molar refractivity (Wildman–Crippen MR) is 127 cm³/mol. The molecule has 2 unspecified atom stereocenters. The molecule has 0 aliphatic heterocycles. The first-order chi connectivity index (χ1) is 14.2. The summed E-state index contributed by atoms with van der Waals surface area (Å²) in [6.45, 7) is 2.15. The van der Waals surface area contributed by atoms with Gasteiger partial charge in [-0.2, -0.15) is 0 Å². The number of hydrogen-bond acceptors (Lipinski definition) is 5. The topological polar surface area (TPSA) is 87.2 Å². The van der Waals surface area contributed by atoms with E-state index in [-0.39, 0.29) is 17.1 Å². The van der Waals surface area contributed by atoms with Crippen molar-refractivity contribution in [3.05, 3.63) is 63.8 Å². The number of phenolic OH excluding ortho intramolecular Hbond substituents is 1. The number of fused-ring (bicyclic) bond motifs is 3. The van der Waals surface area contributed by atoms with Crippen molar-refractivity contribution in [2.75, 3.05) is 12.0 Å². The molecule has 156 valence electrons. The van der Waals surface area contributed by atoms with Crippen LogP contribution in [0.5, 0.6) is 5.75 Å². The van der Waals surface area contributed by atoms with Crippen LogP contribution >= 0.6 is 11.3 Å². The van der Waals surface area contributed by atoms with Gasteiger partial charge in [-0.05, 0) is 0 Å². The van der Waals surface area contributed by atoms with Crippen LogP contribution in [0.3, 0.4) is 0 Å². The van der Waals surface area contributed by atoms with Crippen molar-refractivity contribution in [1.82, 2.24) is 4.98 Å². The molecule has 0 saturated carbocycles. The average Bonchev–Trinajstić information content (AvgIpc) is 3.18. The molecule has 0 spiro atoms. The normalized spacial score (nSPS) is 13.5. The van der Waals surface area contributed by atoms with Crippen LogP contribution in [0.25, 0.3) is 32.1 Å². The van der Waals surface area contributed by atoms with Gasteiger partial charge in [0.25, 0.3) is 0 Å².